The second-order valence-corrected chi connectivity index (χ2v) is 4.45. The first-order valence-electron chi connectivity index (χ1n) is 6.18. The van der Waals surface area contributed by atoms with Crippen LogP contribution in [0.15, 0.2) is 30.3 Å². The molecule has 94 valence electrons. The fourth-order valence-electron chi connectivity index (χ4n) is 1.70. The molecule has 0 spiro atoms. The van der Waals surface area contributed by atoms with Crippen LogP contribution in [0.2, 0.25) is 0 Å². The van der Waals surface area contributed by atoms with Crippen molar-refractivity contribution in [2.45, 2.75) is 38.6 Å². The summed E-state index contributed by atoms with van der Waals surface area (Å²) >= 11 is 5.89. The standard InChI is InChI=1S/C14H20ClNO/c1-2-3-5-10-14(17)16-13(11-15)12-8-6-4-7-9-12/h4,6-9,13H,2-3,5,10-11H2,1H3,(H,16,17). The van der Waals surface area contributed by atoms with Gasteiger partial charge in [-0.05, 0) is 12.0 Å². The number of carbonyl (C=O) groups is 1. The molecule has 0 fully saturated rings. The minimum absolute atomic E-state index is 0.0769. The number of benzene rings is 1. The number of carbonyl (C=O) groups excluding carboxylic acids is 1. The maximum absolute atomic E-state index is 11.7. The molecule has 1 unspecified atom stereocenters. The van der Waals surface area contributed by atoms with Crippen LogP contribution in [0.1, 0.15) is 44.2 Å². The first-order valence-corrected chi connectivity index (χ1v) is 6.71. The predicted octanol–water partition coefficient (Wildman–Crippen LogP) is 3.66. The molecule has 1 aromatic rings. The molecule has 2 nitrogen and oxygen atoms in total. The van der Waals surface area contributed by atoms with E-state index in [-0.39, 0.29) is 11.9 Å². The first-order chi connectivity index (χ1) is 8.27. The Balaban J connectivity index is 2.44. The zero-order valence-electron chi connectivity index (χ0n) is 10.3. The third-order valence-corrected chi connectivity index (χ3v) is 3.01. The van der Waals surface area contributed by atoms with Crippen molar-refractivity contribution in [2.24, 2.45) is 0 Å². The van der Waals surface area contributed by atoms with Crippen molar-refractivity contribution >= 4 is 17.5 Å². The Labute approximate surface area is 108 Å². The van der Waals surface area contributed by atoms with E-state index in [0.29, 0.717) is 12.3 Å². The average molecular weight is 254 g/mol. The van der Waals surface area contributed by atoms with E-state index in [1.165, 1.54) is 0 Å². The SMILES string of the molecule is CCCCCC(=O)NC(CCl)c1ccccc1. The van der Waals surface area contributed by atoms with Crippen molar-refractivity contribution in [3.05, 3.63) is 35.9 Å². The van der Waals surface area contributed by atoms with Gasteiger partial charge in [-0.15, -0.1) is 11.6 Å². The van der Waals surface area contributed by atoms with Crippen LogP contribution in [0.4, 0.5) is 0 Å². The number of rotatable bonds is 7. The van der Waals surface area contributed by atoms with Crippen LogP contribution in [-0.2, 0) is 4.79 Å². The Kier molecular flexibility index (Phi) is 6.71. The largest absolute Gasteiger partial charge is 0.348 e. The van der Waals surface area contributed by atoms with Gasteiger partial charge in [0.05, 0.1) is 6.04 Å². The van der Waals surface area contributed by atoms with E-state index in [1.54, 1.807) is 0 Å². The lowest BCUT2D eigenvalue weighted by Gasteiger charge is -2.16. The zero-order valence-corrected chi connectivity index (χ0v) is 11.0. The molecule has 1 aromatic carbocycles. The van der Waals surface area contributed by atoms with Gasteiger partial charge in [-0.25, -0.2) is 0 Å². The fraction of sp³-hybridized carbons (Fsp3) is 0.500. The molecule has 0 saturated heterocycles. The van der Waals surface area contributed by atoms with Crippen molar-refractivity contribution in [2.75, 3.05) is 5.88 Å². The first kappa shape index (κ1) is 14.0. The summed E-state index contributed by atoms with van der Waals surface area (Å²) in [4.78, 5) is 11.7. The van der Waals surface area contributed by atoms with Crippen LogP contribution in [0.3, 0.4) is 0 Å². The van der Waals surface area contributed by atoms with Crippen LogP contribution >= 0.6 is 11.6 Å². The summed E-state index contributed by atoms with van der Waals surface area (Å²) in [6.45, 7) is 2.13. The van der Waals surface area contributed by atoms with E-state index in [0.717, 1.165) is 24.8 Å². The van der Waals surface area contributed by atoms with Crippen LogP contribution < -0.4 is 5.32 Å². The molecule has 1 rings (SSSR count). The highest BCUT2D eigenvalue weighted by molar-refractivity contribution is 6.18. The van der Waals surface area contributed by atoms with Crippen molar-refractivity contribution in [1.29, 1.82) is 0 Å². The van der Waals surface area contributed by atoms with E-state index >= 15 is 0 Å². The lowest BCUT2D eigenvalue weighted by atomic mass is 10.1. The van der Waals surface area contributed by atoms with Gasteiger partial charge in [-0.2, -0.15) is 0 Å². The van der Waals surface area contributed by atoms with Crippen molar-refractivity contribution in [3.63, 3.8) is 0 Å². The molecule has 1 amide bonds. The van der Waals surface area contributed by atoms with Gasteiger partial charge in [0, 0.05) is 12.3 Å². The van der Waals surface area contributed by atoms with E-state index in [1.807, 2.05) is 30.3 Å². The summed E-state index contributed by atoms with van der Waals surface area (Å²) in [7, 11) is 0. The summed E-state index contributed by atoms with van der Waals surface area (Å²) in [5, 5.41) is 2.97. The molecular weight excluding hydrogens is 234 g/mol. The average Bonchev–Trinajstić information content (AvgIpc) is 2.37. The van der Waals surface area contributed by atoms with Gasteiger partial charge in [-0.1, -0.05) is 50.1 Å². The maximum Gasteiger partial charge on any atom is 0.220 e. The Hall–Kier alpha value is -1.02. The summed E-state index contributed by atoms with van der Waals surface area (Å²) in [6, 6.07) is 9.76. The van der Waals surface area contributed by atoms with Crippen LogP contribution in [0, 0.1) is 0 Å². The monoisotopic (exact) mass is 253 g/mol. The maximum atomic E-state index is 11.7. The van der Waals surface area contributed by atoms with Crippen molar-refractivity contribution < 1.29 is 4.79 Å². The lowest BCUT2D eigenvalue weighted by Crippen LogP contribution is -2.29. The summed E-state index contributed by atoms with van der Waals surface area (Å²) < 4.78 is 0. The topological polar surface area (TPSA) is 29.1 Å². The number of hydrogen-bond donors (Lipinski definition) is 1. The summed E-state index contributed by atoms with van der Waals surface area (Å²) in [6.07, 6.45) is 3.77. The van der Waals surface area contributed by atoms with E-state index in [4.69, 9.17) is 11.6 Å². The number of hydrogen-bond acceptors (Lipinski definition) is 1. The molecule has 17 heavy (non-hydrogen) atoms. The Morgan fingerprint density at radius 1 is 1.29 bits per heavy atom. The Morgan fingerprint density at radius 3 is 2.59 bits per heavy atom. The van der Waals surface area contributed by atoms with Crippen LogP contribution in [0.25, 0.3) is 0 Å². The quantitative estimate of drug-likeness (QED) is 0.583. The molecule has 0 radical (unpaired) electrons. The second kappa shape index (κ2) is 8.13. The predicted molar refractivity (Wildman–Crippen MR) is 72.2 cm³/mol. The molecule has 0 aliphatic heterocycles. The number of nitrogens with one attached hydrogen (secondary N) is 1. The normalized spacial score (nSPS) is 12.1. The molecule has 1 atom stereocenters. The van der Waals surface area contributed by atoms with Crippen LogP contribution in [0.5, 0.6) is 0 Å². The van der Waals surface area contributed by atoms with Gasteiger partial charge >= 0.3 is 0 Å². The summed E-state index contributed by atoms with van der Waals surface area (Å²) in [5.74, 6) is 0.497. The molecule has 0 heterocycles. The highest BCUT2D eigenvalue weighted by Gasteiger charge is 2.12. The van der Waals surface area contributed by atoms with Crippen LogP contribution in [-0.4, -0.2) is 11.8 Å². The van der Waals surface area contributed by atoms with Gasteiger partial charge < -0.3 is 5.32 Å². The number of halogens is 1. The highest BCUT2D eigenvalue weighted by Crippen LogP contribution is 2.14. The van der Waals surface area contributed by atoms with Gasteiger partial charge in [0.25, 0.3) is 0 Å². The van der Waals surface area contributed by atoms with E-state index in [9.17, 15) is 4.79 Å². The Bertz CT molecular complexity index is 326. The summed E-state index contributed by atoms with van der Waals surface area (Å²) in [5.41, 5.74) is 1.06. The van der Waals surface area contributed by atoms with Gasteiger partial charge in [0.2, 0.25) is 5.91 Å². The molecule has 0 saturated carbocycles. The molecule has 0 aliphatic carbocycles. The highest BCUT2D eigenvalue weighted by atomic mass is 35.5. The third-order valence-electron chi connectivity index (χ3n) is 2.70. The molecule has 0 bridgehead atoms. The fourth-order valence-corrected chi connectivity index (χ4v) is 1.95. The minimum Gasteiger partial charge on any atom is -0.348 e. The Morgan fingerprint density at radius 2 is 2.00 bits per heavy atom. The molecule has 1 N–H and O–H groups in total. The van der Waals surface area contributed by atoms with Gasteiger partial charge in [0.1, 0.15) is 0 Å². The van der Waals surface area contributed by atoms with E-state index in [2.05, 4.69) is 12.2 Å². The lowest BCUT2D eigenvalue weighted by molar-refractivity contribution is -0.121. The second-order valence-electron chi connectivity index (χ2n) is 4.14. The smallest absolute Gasteiger partial charge is 0.220 e. The van der Waals surface area contributed by atoms with Crippen molar-refractivity contribution in [3.8, 4) is 0 Å². The van der Waals surface area contributed by atoms with E-state index < -0.39 is 0 Å². The number of alkyl halides is 1. The molecule has 3 heteroatoms. The third kappa shape index (κ3) is 5.22. The molecule has 0 aromatic heterocycles. The zero-order chi connectivity index (χ0) is 12.5. The minimum atomic E-state index is -0.0769. The molecular formula is C14H20ClNO. The van der Waals surface area contributed by atoms with Gasteiger partial charge in [-0.3, -0.25) is 4.79 Å². The molecule has 0 aliphatic rings. The number of unbranched alkanes of at least 4 members (excludes halogenated alkanes) is 2. The van der Waals surface area contributed by atoms with Crippen molar-refractivity contribution in [1.82, 2.24) is 5.32 Å². The number of amides is 1. The van der Waals surface area contributed by atoms with Gasteiger partial charge in [0.15, 0.2) is 0 Å².